The van der Waals surface area contributed by atoms with Gasteiger partial charge in [-0.2, -0.15) is 0 Å². The molecule has 0 fully saturated rings. The summed E-state index contributed by atoms with van der Waals surface area (Å²) in [5.74, 6) is -0.895. The molecule has 0 aromatic heterocycles. The van der Waals surface area contributed by atoms with Gasteiger partial charge in [0.25, 0.3) is 0 Å². The molecule has 0 saturated carbocycles. The summed E-state index contributed by atoms with van der Waals surface area (Å²) >= 11 is 0. The summed E-state index contributed by atoms with van der Waals surface area (Å²) in [6.07, 6.45) is 0. The molecule has 0 radical (unpaired) electrons. The molecule has 0 saturated heterocycles. The monoisotopic (exact) mass is 294 g/mol. The van der Waals surface area contributed by atoms with Crippen LogP contribution in [0.15, 0.2) is 18.2 Å². The Morgan fingerprint density at radius 1 is 1.48 bits per heavy atom. The quantitative estimate of drug-likeness (QED) is 0.868. The molecule has 7 heteroatoms. The Morgan fingerprint density at radius 3 is 2.81 bits per heavy atom. The number of fused-ring (bicyclic) bond motifs is 1. The summed E-state index contributed by atoms with van der Waals surface area (Å²) < 4.78 is 5.42. The lowest BCUT2D eigenvalue weighted by molar-refractivity contribution is 0.0691. The molecule has 1 aromatic rings. The number of ether oxygens (including phenoxy) is 1. The van der Waals surface area contributed by atoms with Crippen molar-refractivity contribution in [1.29, 1.82) is 0 Å². The standard InChI is InChI=1S/C14H18N2O5/c1-9(8-17)15(2)14(20)16-6-7-21-12-10(13(18)19)4-3-5-11(12)16/h3-5,9,17H,6-8H2,1-2H3,(H,18,19). The first-order valence-electron chi connectivity index (χ1n) is 6.61. The molecule has 1 unspecified atom stereocenters. The van der Waals surface area contributed by atoms with E-state index >= 15 is 0 Å². The molecule has 2 N–H and O–H groups in total. The Balaban J connectivity index is 2.37. The van der Waals surface area contributed by atoms with E-state index in [9.17, 15) is 14.7 Å². The number of aromatic carboxylic acids is 1. The van der Waals surface area contributed by atoms with Crippen LogP contribution in [-0.4, -0.2) is 60.0 Å². The highest BCUT2D eigenvalue weighted by Crippen LogP contribution is 2.35. The molecule has 1 aliphatic rings. The second kappa shape index (κ2) is 6.01. The number of carbonyl (C=O) groups is 2. The molecule has 2 amide bonds. The summed E-state index contributed by atoms with van der Waals surface area (Å²) in [5, 5.41) is 18.3. The average molecular weight is 294 g/mol. The SMILES string of the molecule is CC(CO)N(C)C(=O)N1CCOc2c(C(=O)O)cccc21. The van der Waals surface area contributed by atoms with Crippen LogP contribution in [0.1, 0.15) is 17.3 Å². The Kier molecular flexibility index (Phi) is 4.32. The Hall–Kier alpha value is -2.28. The van der Waals surface area contributed by atoms with Crippen LogP contribution in [0, 0.1) is 0 Å². The zero-order valence-corrected chi connectivity index (χ0v) is 11.9. The van der Waals surface area contributed by atoms with Crippen molar-refractivity contribution in [1.82, 2.24) is 4.90 Å². The second-order valence-electron chi connectivity index (χ2n) is 4.88. The highest BCUT2D eigenvalue weighted by Gasteiger charge is 2.30. The van der Waals surface area contributed by atoms with Crippen LogP contribution in [-0.2, 0) is 0 Å². The minimum absolute atomic E-state index is 0.0304. The van der Waals surface area contributed by atoms with Gasteiger partial charge in [-0.25, -0.2) is 9.59 Å². The van der Waals surface area contributed by atoms with Crippen molar-refractivity contribution < 1.29 is 24.5 Å². The first-order chi connectivity index (χ1) is 9.97. The van der Waals surface area contributed by atoms with E-state index in [1.807, 2.05) is 0 Å². The number of benzene rings is 1. The number of hydrogen-bond donors (Lipinski definition) is 2. The topological polar surface area (TPSA) is 90.3 Å². The number of carboxylic acids is 1. The Bertz CT molecular complexity index is 560. The zero-order chi connectivity index (χ0) is 15.6. The van der Waals surface area contributed by atoms with Gasteiger partial charge in [-0.05, 0) is 19.1 Å². The van der Waals surface area contributed by atoms with E-state index in [1.165, 1.54) is 15.9 Å². The van der Waals surface area contributed by atoms with Crippen LogP contribution in [0.25, 0.3) is 0 Å². The van der Waals surface area contributed by atoms with E-state index in [0.717, 1.165) is 0 Å². The number of anilines is 1. The molecule has 0 bridgehead atoms. The predicted octanol–water partition coefficient (Wildman–Crippen LogP) is 1.02. The van der Waals surface area contributed by atoms with Gasteiger partial charge >= 0.3 is 12.0 Å². The number of likely N-dealkylation sites (N-methyl/N-ethyl adjacent to an activating group) is 1. The number of urea groups is 1. The third kappa shape index (κ3) is 2.78. The van der Waals surface area contributed by atoms with Crippen molar-refractivity contribution in [3.05, 3.63) is 23.8 Å². The number of carboxylic acid groups (broad SMARTS) is 1. The molecule has 1 heterocycles. The van der Waals surface area contributed by atoms with Gasteiger partial charge < -0.3 is 19.8 Å². The molecule has 1 aliphatic heterocycles. The van der Waals surface area contributed by atoms with Crippen LogP contribution < -0.4 is 9.64 Å². The van der Waals surface area contributed by atoms with Gasteiger partial charge in [0.15, 0.2) is 5.75 Å². The number of para-hydroxylation sites is 1. The first-order valence-corrected chi connectivity index (χ1v) is 6.61. The van der Waals surface area contributed by atoms with Crippen molar-refractivity contribution >= 4 is 17.7 Å². The fourth-order valence-corrected chi connectivity index (χ4v) is 2.12. The van der Waals surface area contributed by atoms with Gasteiger partial charge in [-0.15, -0.1) is 0 Å². The van der Waals surface area contributed by atoms with Crippen LogP contribution >= 0.6 is 0 Å². The number of aliphatic hydroxyl groups excluding tert-OH is 1. The molecule has 21 heavy (non-hydrogen) atoms. The fourth-order valence-electron chi connectivity index (χ4n) is 2.12. The highest BCUT2D eigenvalue weighted by molar-refractivity contribution is 5.99. The Labute approximate surface area is 122 Å². The third-order valence-corrected chi connectivity index (χ3v) is 3.53. The molecular formula is C14H18N2O5. The zero-order valence-electron chi connectivity index (χ0n) is 11.9. The minimum Gasteiger partial charge on any atom is -0.489 e. The molecule has 1 atom stereocenters. The van der Waals surface area contributed by atoms with Gasteiger partial charge in [0, 0.05) is 7.05 Å². The highest BCUT2D eigenvalue weighted by atomic mass is 16.5. The van der Waals surface area contributed by atoms with Gasteiger partial charge in [0.05, 0.1) is 24.9 Å². The van der Waals surface area contributed by atoms with Gasteiger partial charge in [0.2, 0.25) is 0 Å². The second-order valence-corrected chi connectivity index (χ2v) is 4.88. The normalized spacial score (nSPS) is 14.9. The fraction of sp³-hybridized carbons (Fsp3) is 0.429. The Morgan fingerprint density at radius 2 is 2.19 bits per heavy atom. The van der Waals surface area contributed by atoms with Crippen LogP contribution in [0.3, 0.4) is 0 Å². The lowest BCUT2D eigenvalue weighted by Gasteiger charge is -2.35. The van der Waals surface area contributed by atoms with Crippen LogP contribution in [0.5, 0.6) is 5.75 Å². The smallest absolute Gasteiger partial charge is 0.339 e. The van der Waals surface area contributed by atoms with Crippen molar-refractivity contribution in [3.8, 4) is 5.75 Å². The van der Waals surface area contributed by atoms with Crippen LogP contribution in [0.4, 0.5) is 10.5 Å². The predicted molar refractivity (Wildman–Crippen MR) is 75.9 cm³/mol. The molecule has 114 valence electrons. The lowest BCUT2D eigenvalue weighted by atomic mass is 10.1. The summed E-state index contributed by atoms with van der Waals surface area (Å²) in [4.78, 5) is 26.6. The lowest BCUT2D eigenvalue weighted by Crippen LogP contribution is -2.49. The third-order valence-electron chi connectivity index (χ3n) is 3.53. The molecule has 7 nitrogen and oxygen atoms in total. The van der Waals surface area contributed by atoms with E-state index in [0.29, 0.717) is 12.2 Å². The van der Waals surface area contributed by atoms with E-state index in [2.05, 4.69) is 0 Å². The molecular weight excluding hydrogens is 276 g/mol. The van der Waals surface area contributed by atoms with E-state index in [4.69, 9.17) is 9.84 Å². The largest absolute Gasteiger partial charge is 0.489 e. The molecule has 0 aliphatic carbocycles. The van der Waals surface area contributed by atoms with Crippen molar-refractivity contribution in [2.45, 2.75) is 13.0 Å². The number of rotatable bonds is 3. The van der Waals surface area contributed by atoms with Crippen molar-refractivity contribution in [2.75, 3.05) is 31.7 Å². The number of nitrogens with zero attached hydrogens (tertiary/aromatic N) is 2. The number of amides is 2. The number of aliphatic hydroxyl groups is 1. The summed E-state index contributed by atoms with van der Waals surface area (Å²) in [6, 6.07) is 4.04. The maximum atomic E-state index is 12.5. The minimum atomic E-state index is -1.10. The maximum absolute atomic E-state index is 12.5. The molecule has 1 aromatic carbocycles. The van der Waals surface area contributed by atoms with Gasteiger partial charge in [0.1, 0.15) is 12.2 Å². The maximum Gasteiger partial charge on any atom is 0.339 e. The summed E-state index contributed by atoms with van der Waals surface area (Å²) in [7, 11) is 1.60. The average Bonchev–Trinajstić information content (AvgIpc) is 2.51. The van der Waals surface area contributed by atoms with Gasteiger partial charge in [-0.1, -0.05) is 6.07 Å². The molecule has 2 rings (SSSR count). The van der Waals surface area contributed by atoms with E-state index in [-0.39, 0.29) is 36.6 Å². The summed E-state index contributed by atoms with van der Waals surface area (Å²) in [6.45, 7) is 2.14. The van der Waals surface area contributed by atoms with E-state index < -0.39 is 5.97 Å². The molecule has 0 spiro atoms. The van der Waals surface area contributed by atoms with Gasteiger partial charge in [-0.3, -0.25) is 4.90 Å². The van der Waals surface area contributed by atoms with Crippen molar-refractivity contribution in [2.24, 2.45) is 0 Å². The van der Waals surface area contributed by atoms with Crippen molar-refractivity contribution in [3.63, 3.8) is 0 Å². The number of hydrogen-bond acceptors (Lipinski definition) is 4. The summed E-state index contributed by atoms with van der Waals surface area (Å²) in [5.41, 5.74) is 0.464. The van der Waals surface area contributed by atoms with Crippen LogP contribution in [0.2, 0.25) is 0 Å². The number of carbonyl (C=O) groups excluding carboxylic acids is 1. The first kappa shape index (κ1) is 15.1. The van der Waals surface area contributed by atoms with E-state index in [1.54, 1.807) is 26.1 Å².